The zero-order valence-corrected chi connectivity index (χ0v) is 12.7. The molecule has 19 heavy (non-hydrogen) atoms. The van der Waals surface area contributed by atoms with Crippen LogP contribution in [0.15, 0.2) is 27.6 Å². The maximum atomic E-state index is 11.9. The molecule has 2 aromatic rings. The van der Waals surface area contributed by atoms with Gasteiger partial charge in [0, 0.05) is 16.3 Å². The maximum absolute atomic E-state index is 11.9. The van der Waals surface area contributed by atoms with Crippen LogP contribution in [0.5, 0.6) is 0 Å². The predicted molar refractivity (Wildman–Crippen MR) is 81.4 cm³/mol. The third-order valence-corrected chi connectivity index (χ3v) is 4.24. The fourth-order valence-electron chi connectivity index (χ4n) is 1.55. The fourth-order valence-corrected chi connectivity index (χ4v) is 2.83. The van der Waals surface area contributed by atoms with Crippen molar-refractivity contribution in [2.75, 3.05) is 5.32 Å². The predicted octanol–water partition coefficient (Wildman–Crippen LogP) is 2.62. The van der Waals surface area contributed by atoms with Gasteiger partial charge in [-0.3, -0.25) is 4.79 Å². The molecule has 2 rings (SSSR count). The van der Waals surface area contributed by atoms with Crippen LogP contribution in [0, 0.1) is 19.3 Å². The lowest BCUT2D eigenvalue weighted by Crippen LogP contribution is -2.24. The van der Waals surface area contributed by atoms with E-state index in [0.717, 1.165) is 0 Å². The van der Waals surface area contributed by atoms with Crippen LogP contribution in [0.4, 0.5) is 5.69 Å². The smallest absolute Gasteiger partial charge is 0.284 e. The number of hydrogen-bond acceptors (Lipinski definition) is 4. The first-order valence-corrected chi connectivity index (χ1v) is 7.21. The molecule has 0 fully saturated rings. The van der Waals surface area contributed by atoms with Crippen LogP contribution in [-0.2, 0) is 13.1 Å². The largest absolute Gasteiger partial charge is 0.378 e. The normalized spacial score (nSPS) is 10.2. The number of nitrogens with one attached hydrogen (secondary N) is 1. The molecule has 4 nitrogen and oxygen atoms in total. The molecular formula is C13H12BrN3OS. The highest BCUT2D eigenvalue weighted by atomic mass is 79.9. The molecule has 1 N–H and O–H groups in total. The molecule has 0 amide bonds. The van der Waals surface area contributed by atoms with Gasteiger partial charge in [0.25, 0.3) is 5.56 Å². The summed E-state index contributed by atoms with van der Waals surface area (Å²) in [4.78, 5) is 14.4. The van der Waals surface area contributed by atoms with E-state index in [1.807, 2.05) is 0 Å². The number of hydrogen-bond donors (Lipinski definition) is 1. The summed E-state index contributed by atoms with van der Waals surface area (Å²) in [6.07, 6.45) is 6.78. The number of halogens is 1. The monoisotopic (exact) mass is 337 g/mol. The molecule has 98 valence electrons. The van der Waals surface area contributed by atoms with Crippen molar-refractivity contribution in [1.82, 2.24) is 9.78 Å². The summed E-state index contributed by atoms with van der Waals surface area (Å²) in [6, 6.07) is 4.13. The van der Waals surface area contributed by atoms with Gasteiger partial charge >= 0.3 is 0 Å². The molecule has 0 saturated carbocycles. The minimum absolute atomic E-state index is 0.168. The highest BCUT2D eigenvalue weighted by Crippen LogP contribution is 2.20. The van der Waals surface area contributed by atoms with Crippen molar-refractivity contribution < 1.29 is 0 Å². The molecule has 0 aliphatic rings. The van der Waals surface area contributed by atoms with Crippen LogP contribution in [0.3, 0.4) is 0 Å². The van der Waals surface area contributed by atoms with Crippen molar-refractivity contribution in [1.29, 1.82) is 0 Å². The first-order valence-electron chi connectivity index (χ1n) is 5.60. The highest BCUT2D eigenvalue weighted by molar-refractivity contribution is 9.10. The zero-order valence-electron chi connectivity index (χ0n) is 10.3. The highest BCUT2D eigenvalue weighted by Gasteiger charge is 2.08. The Morgan fingerprint density at radius 2 is 2.37 bits per heavy atom. The van der Waals surface area contributed by atoms with Crippen LogP contribution in [0.2, 0.25) is 0 Å². The molecule has 0 radical (unpaired) electrons. The van der Waals surface area contributed by atoms with Crippen LogP contribution >= 0.6 is 27.3 Å². The third kappa shape index (κ3) is 3.25. The Morgan fingerprint density at radius 1 is 1.58 bits per heavy atom. The minimum atomic E-state index is -0.231. The molecule has 0 aromatic carbocycles. The van der Waals surface area contributed by atoms with E-state index in [2.05, 4.69) is 51.3 Å². The second-order valence-corrected chi connectivity index (χ2v) is 6.07. The molecule has 0 unspecified atom stereocenters. The molecular weight excluding hydrogens is 326 g/mol. The Labute approximate surface area is 123 Å². The molecule has 0 bridgehead atoms. The average molecular weight is 338 g/mol. The van der Waals surface area contributed by atoms with Crippen LogP contribution < -0.4 is 10.9 Å². The summed E-state index contributed by atoms with van der Waals surface area (Å²) in [5.41, 5.74) is 0.439. The van der Waals surface area contributed by atoms with E-state index in [1.54, 1.807) is 17.5 Å². The number of terminal acetylenes is 1. The lowest BCUT2D eigenvalue weighted by atomic mass is 10.4. The standard InChI is InChI=1S/C13H12BrN3OS/c1-3-6-17-13(18)12(14)11(8-16-17)15-7-10-5-4-9(2)19-10/h1,4-5,8,15H,6-7H2,2H3. The molecule has 2 aromatic heterocycles. The van der Waals surface area contributed by atoms with Crippen molar-refractivity contribution in [3.05, 3.63) is 42.9 Å². The molecule has 0 saturated heterocycles. The number of nitrogens with zero attached hydrogens (tertiary/aromatic N) is 2. The van der Waals surface area contributed by atoms with E-state index < -0.39 is 0 Å². The van der Waals surface area contributed by atoms with Gasteiger partial charge in [0.05, 0.1) is 11.9 Å². The quantitative estimate of drug-likeness (QED) is 0.872. The first-order chi connectivity index (χ1) is 9.11. The summed E-state index contributed by atoms with van der Waals surface area (Å²) in [6.45, 7) is 2.89. The summed E-state index contributed by atoms with van der Waals surface area (Å²) in [5.74, 6) is 2.39. The molecule has 0 atom stereocenters. The number of aromatic nitrogens is 2. The van der Waals surface area contributed by atoms with E-state index in [9.17, 15) is 4.79 Å². The second kappa shape index (κ2) is 6.04. The molecule has 6 heteroatoms. The number of aryl methyl sites for hydroxylation is 1. The Kier molecular flexibility index (Phi) is 4.40. The molecule has 0 spiro atoms. The Balaban J connectivity index is 2.16. The van der Waals surface area contributed by atoms with Gasteiger partial charge in [0.15, 0.2) is 0 Å². The number of thiophene rings is 1. The van der Waals surface area contributed by atoms with E-state index in [-0.39, 0.29) is 12.1 Å². The molecule has 0 aliphatic carbocycles. The van der Waals surface area contributed by atoms with Crippen molar-refractivity contribution in [3.8, 4) is 12.3 Å². The lowest BCUT2D eigenvalue weighted by Gasteiger charge is -2.08. The SMILES string of the molecule is C#CCn1ncc(NCc2ccc(C)s2)c(Br)c1=O. The van der Waals surface area contributed by atoms with Crippen molar-refractivity contribution >= 4 is 33.0 Å². The molecule has 0 aliphatic heterocycles. The van der Waals surface area contributed by atoms with Crippen LogP contribution in [0.1, 0.15) is 9.75 Å². The van der Waals surface area contributed by atoms with Crippen LogP contribution in [0.25, 0.3) is 0 Å². The lowest BCUT2D eigenvalue weighted by molar-refractivity contribution is 0.659. The first kappa shape index (κ1) is 13.8. The van der Waals surface area contributed by atoms with Gasteiger partial charge in [0.1, 0.15) is 11.0 Å². The molecule has 2 heterocycles. The summed E-state index contributed by atoms with van der Waals surface area (Å²) in [5, 5.41) is 7.21. The van der Waals surface area contributed by atoms with Crippen molar-refractivity contribution in [3.63, 3.8) is 0 Å². The maximum Gasteiger partial charge on any atom is 0.284 e. The van der Waals surface area contributed by atoms with E-state index >= 15 is 0 Å². The summed E-state index contributed by atoms with van der Waals surface area (Å²) >= 11 is 5.00. The van der Waals surface area contributed by atoms with Gasteiger partial charge in [-0.15, -0.1) is 17.8 Å². The van der Waals surface area contributed by atoms with Gasteiger partial charge < -0.3 is 5.32 Å². The third-order valence-electron chi connectivity index (χ3n) is 2.48. The van der Waals surface area contributed by atoms with Gasteiger partial charge in [-0.2, -0.15) is 5.10 Å². The van der Waals surface area contributed by atoms with E-state index in [1.165, 1.54) is 14.4 Å². The second-order valence-electron chi connectivity index (χ2n) is 3.91. The van der Waals surface area contributed by atoms with Crippen LogP contribution in [-0.4, -0.2) is 9.78 Å². The Hall–Kier alpha value is -1.58. The van der Waals surface area contributed by atoms with Gasteiger partial charge in [0.2, 0.25) is 0 Å². The van der Waals surface area contributed by atoms with Crippen molar-refractivity contribution in [2.24, 2.45) is 0 Å². The van der Waals surface area contributed by atoms with Crippen molar-refractivity contribution in [2.45, 2.75) is 20.0 Å². The number of anilines is 1. The van der Waals surface area contributed by atoms with Gasteiger partial charge in [-0.25, -0.2) is 4.68 Å². The summed E-state index contributed by atoms with van der Waals surface area (Å²) < 4.78 is 1.69. The van der Waals surface area contributed by atoms with E-state index in [0.29, 0.717) is 16.7 Å². The summed E-state index contributed by atoms with van der Waals surface area (Å²) in [7, 11) is 0. The topological polar surface area (TPSA) is 46.9 Å². The zero-order chi connectivity index (χ0) is 13.8. The minimum Gasteiger partial charge on any atom is -0.378 e. The van der Waals surface area contributed by atoms with Gasteiger partial charge in [-0.05, 0) is 35.0 Å². The van der Waals surface area contributed by atoms with Gasteiger partial charge in [-0.1, -0.05) is 5.92 Å². The Morgan fingerprint density at radius 3 is 3.00 bits per heavy atom. The number of rotatable bonds is 4. The van der Waals surface area contributed by atoms with E-state index in [4.69, 9.17) is 6.42 Å². The fraction of sp³-hybridized carbons (Fsp3) is 0.231. The Bertz CT molecular complexity index is 684. The average Bonchev–Trinajstić information content (AvgIpc) is 2.80.